The third kappa shape index (κ3) is 1.84. The first-order chi connectivity index (χ1) is 8.84. The zero-order valence-electron chi connectivity index (χ0n) is 12.4. The summed E-state index contributed by atoms with van der Waals surface area (Å²) in [5.74, 6) is 0.796. The number of esters is 1. The van der Waals surface area contributed by atoms with Crippen LogP contribution in [0.3, 0.4) is 0 Å². The molecule has 0 aromatic rings. The highest BCUT2D eigenvalue weighted by molar-refractivity contribution is 5.73. The Balaban J connectivity index is 1.67. The second-order valence-electron chi connectivity index (χ2n) is 7.81. The average Bonchev–Trinajstić information content (AvgIpc) is 2.91. The van der Waals surface area contributed by atoms with Crippen molar-refractivity contribution in [2.45, 2.75) is 71.4 Å². The molecule has 0 spiro atoms. The van der Waals surface area contributed by atoms with E-state index in [1.807, 2.05) is 0 Å². The van der Waals surface area contributed by atoms with Crippen molar-refractivity contribution in [1.29, 1.82) is 0 Å². The average molecular weight is 265 g/mol. The standard InChI is InChI=1S/C16H27NO2/c1-15(2)11-6-7-16(15,3)13(9-11)19-14(18)10-4-5-12(17)8-10/h10-13H,4-9,17H2,1-3H3. The van der Waals surface area contributed by atoms with Crippen LogP contribution in [0, 0.1) is 22.7 Å². The summed E-state index contributed by atoms with van der Waals surface area (Å²) in [6.45, 7) is 7.02. The number of hydrogen-bond acceptors (Lipinski definition) is 3. The van der Waals surface area contributed by atoms with E-state index in [0.717, 1.165) is 31.6 Å². The normalized spacial score (nSPS) is 47.6. The van der Waals surface area contributed by atoms with Gasteiger partial charge in [-0.25, -0.2) is 0 Å². The van der Waals surface area contributed by atoms with Gasteiger partial charge in [-0.15, -0.1) is 0 Å². The van der Waals surface area contributed by atoms with E-state index in [-0.39, 0.29) is 29.4 Å². The van der Waals surface area contributed by atoms with Crippen LogP contribution in [0.15, 0.2) is 0 Å². The van der Waals surface area contributed by atoms with Crippen molar-refractivity contribution in [3.8, 4) is 0 Å². The third-order valence-electron chi connectivity index (χ3n) is 6.78. The van der Waals surface area contributed by atoms with Crippen molar-refractivity contribution < 1.29 is 9.53 Å². The summed E-state index contributed by atoms with van der Waals surface area (Å²) >= 11 is 0. The number of carbonyl (C=O) groups excluding carboxylic acids is 1. The van der Waals surface area contributed by atoms with Crippen molar-refractivity contribution in [3.05, 3.63) is 0 Å². The van der Waals surface area contributed by atoms with Crippen LogP contribution < -0.4 is 5.73 Å². The fraction of sp³-hybridized carbons (Fsp3) is 0.938. The molecule has 19 heavy (non-hydrogen) atoms. The highest BCUT2D eigenvalue weighted by Gasteiger charge is 2.63. The number of rotatable bonds is 2. The number of ether oxygens (including phenoxy) is 1. The van der Waals surface area contributed by atoms with Crippen molar-refractivity contribution in [1.82, 2.24) is 0 Å². The van der Waals surface area contributed by atoms with E-state index in [2.05, 4.69) is 20.8 Å². The smallest absolute Gasteiger partial charge is 0.309 e. The Kier molecular flexibility index (Phi) is 2.97. The second-order valence-corrected chi connectivity index (χ2v) is 7.81. The lowest BCUT2D eigenvalue weighted by Crippen LogP contribution is -2.39. The summed E-state index contributed by atoms with van der Waals surface area (Å²) in [5.41, 5.74) is 6.38. The summed E-state index contributed by atoms with van der Waals surface area (Å²) in [7, 11) is 0. The van der Waals surface area contributed by atoms with Gasteiger partial charge < -0.3 is 10.5 Å². The van der Waals surface area contributed by atoms with Gasteiger partial charge in [0.2, 0.25) is 0 Å². The van der Waals surface area contributed by atoms with Crippen LogP contribution in [0.2, 0.25) is 0 Å². The Morgan fingerprint density at radius 2 is 1.89 bits per heavy atom. The van der Waals surface area contributed by atoms with Crippen LogP contribution >= 0.6 is 0 Å². The van der Waals surface area contributed by atoms with Gasteiger partial charge in [0.15, 0.2) is 0 Å². The lowest BCUT2D eigenvalue weighted by atomic mass is 9.70. The number of carbonyl (C=O) groups is 1. The zero-order valence-corrected chi connectivity index (χ0v) is 12.4. The van der Waals surface area contributed by atoms with Crippen LogP contribution in [0.1, 0.15) is 59.3 Å². The van der Waals surface area contributed by atoms with Gasteiger partial charge in [0.25, 0.3) is 0 Å². The van der Waals surface area contributed by atoms with Gasteiger partial charge in [0.05, 0.1) is 5.92 Å². The van der Waals surface area contributed by atoms with Gasteiger partial charge in [-0.3, -0.25) is 4.79 Å². The van der Waals surface area contributed by atoms with E-state index < -0.39 is 0 Å². The summed E-state index contributed by atoms with van der Waals surface area (Å²) in [5, 5.41) is 0. The maximum absolute atomic E-state index is 12.3. The molecule has 0 heterocycles. The number of nitrogens with two attached hydrogens (primary N) is 1. The fourth-order valence-corrected chi connectivity index (χ4v) is 4.78. The van der Waals surface area contributed by atoms with Gasteiger partial charge in [-0.2, -0.15) is 0 Å². The molecular weight excluding hydrogens is 238 g/mol. The molecule has 5 unspecified atom stereocenters. The molecule has 0 aromatic carbocycles. The molecule has 3 aliphatic carbocycles. The molecule has 0 saturated heterocycles. The van der Waals surface area contributed by atoms with E-state index >= 15 is 0 Å². The van der Waals surface area contributed by atoms with Crippen LogP contribution in [-0.2, 0) is 9.53 Å². The Morgan fingerprint density at radius 3 is 2.37 bits per heavy atom. The number of fused-ring (bicyclic) bond motifs is 2. The minimum absolute atomic E-state index is 0.0162. The monoisotopic (exact) mass is 265 g/mol. The third-order valence-corrected chi connectivity index (χ3v) is 6.78. The summed E-state index contributed by atoms with van der Waals surface area (Å²) < 4.78 is 5.92. The molecule has 3 saturated carbocycles. The SMILES string of the molecule is CC1(C)C2CCC1(C)C(OC(=O)C1CCC(N)C1)C2. The summed E-state index contributed by atoms with van der Waals surface area (Å²) in [6, 6.07) is 0.199. The maximum atomic E-state index is 12.3. The minimum Gasteiger partial charge on any atom is -0.462 e. The predicted octanol–water partition coefficient (Wildman–Crippen LogP) is 2.87. The Labute approximate surface area is 116 Å². The molecule has 3 heteroatoms. The molecule has 3 aliphatic rings. The van der Waals surface area contributed by atoms with E-state index in [0.29, 0.717) is 5.41 Å². The molecule has 0 aromatic heterocycles. The largest absolute Gasteiger partial charge is 0.462 e. The molecule has 0 aliphatic heterocycles. The molecule has 2 bridgehead atoms. The Bertz CT molecular complexity index is 392. The number of hydrogen-bond donors (Lipinski definition) is 1. The molecule has 5 atom stereocenters. The first-order valence-electron chi connectivity index (χ1n) is 7.80. The molecule has 2 N–H and O–H groups in total. The first kappa shape index (κ1) is 13.4. The molecule has 3 fully saturated rings. The highest BCUT2D eigenvalue weighted by Crippen LogP contribution is 2.66. The Morgan fingerprint density at radius 1 is 1.16 bits per heavy atom. The van der Waals surface area contributed by atoms with Gasteiger partial charge >= 0.3 is 5.97 Å². The van der Waals surface area contributed by atoms with Crippen molar-refractivity contribution >= 4 is 5.97 Å². The van der Waals surface area contributed by atoms with Crippen LogP contribution in [0.25, 0.3) is 0 Å². The van der Waals surface area contributed by atoms with Crippen molar-refractivity contribution in [3.63, 3.8) is 0 Å². The zero-order chi connectivity index (χ0) is 13.8. The first-order valence-corrected chi connectivity index (χ1v) is 7.80. The van der Waals surface area contributed by atoms with E-state index in [1.54, 1.807) is 0 Å². The van der Waals surface area contributed by atoms with Crippen molar-refractivity contribution in [2.24, 2.45) is 28.4 Å². The fourth-order valence-electron chi connectivity index (χ4n) is 4.78. The quantitative estimate of drug-likeness (QED) is 0.781. The molecule has 0 amide bonds. The van der Waals surface area contributed by atoms with E-state index in [9.17, 15) is 4.79 Å². The van der Waals surface area contributed by atoms with Gasteiger partial charge in [0, 0.05) is 11.5 Å². The van der Waals surface area contributed by atoms with Crippen LogP contribution in [0.5, 0.6) is 0 Å². The summed E-state index contributed by atoms with van der Waals surface area (Å²) in [4.78, 5) is 12.3. The topological polar surface area (TPSA) is 52.3 Å². The van der Waals surface area contributed by atoms with E-state index in [4.69, 9.17) is 10.5 Å². The molecule has 3 rings (SSSR count). The maximum Gasteiger partial charge on any atom is 0.309 e. The second kappa shape index (κ2) is 4.21. The minimum atomic E-state index is 0.0162. The van der Waals surface area contributed by atoms with E-state index in [1.165, 1.54) is 12.8 Å². The molecular formula is C16H27NO2. The lowest BCUT2D eigenvalue weighted by Gasteiger charge is -2.38. The van der Waals surface area contributed by atoms with Crippen molar-refractivity contribution in [2.75, 3.05) is 0 Å². The van der Waals surface area contributed by atoms with Crippen LogP contribution in [-0.4, -0.2) is 18.1 Å². The van der Waals surface area contributed by atoms with Gasteiger partial charge in [-0.05, 0) is 49.9 Å². The van der Waals surface area contributed by atoms with Gasteiger partial charge in [0.1, 0.15) is 6.10 Å². The van der Waals surface area contributed by atoms with Crippen LogP contribution in [0.4, 0.5) is 0 Å². The lowest BCUT2D eigenvalue weighted by molar-refractivity contribution is -0.161. The Hall–Kier alpha value is -0.570. The predicted molar refractivity (Wildman–Crippen MR) is 74.4 cm³/mol. The summed E-state index contributed by atoms with van der Waals surface area (Å²) in [6.07, 6.45) is 6.39. The molecule has 108 valence electrons. The molecule has 0 radical (unpaired) electrons. The highest BCUT2D eigenvalue weighted by atomic mass is 16.5. The van der Waals surface area contributed by atoms with Gasteiger partial charge in [-0.1, -0.05) is 20.8 Å². The molecule has 3 nitrogen and oxygen atoms in total.